The molecule has 0 aliphatic heterocycles. The number of thiophene rings is 1. The molecule has 62 heavy (non-hydrogen) atoms. The molecule has 1 saturated carbocycles. The quantitative estimate of drug-likeness (QED) is 0.0609. The molecule has 1 fully saturated rings. The molecule has 2 heterocycles. The zero-order valence-corrected chi connectivity index (χ0v) is 40.3. The largest absolute Gasteiger partial charge is 0.454 e. The van der Waals surface area contributed by atoms with Crippen LogP contribution in [0.2, 0.25) is 0 Å². The predicted molar refractivity (Wildman–Crippen MR) is 273 cm³/mol. The van der Waals surface area contributed by atoms with Crippen LogP contribution in [0.5, 0.6) is 0 Å². The van der Waals surface area contributed by atoms with E-state index >= 15 is 0 Å². The first kappa shape index (κ1) is 45.3. The van der Waals surface area contributed by atoms with Crippen LogP contribution in [0, 0.1) is 28.6 Å². The van der Waals surface area contributed by atoms with Gasteiger partial charge in [0.05, 0.1) is 5.70 Å². The molecule has 2 aromatic heterocycles. The Morgan fingerprint density at radius 1 is 0.968 bits per heavy atom. The van der Waals surface area contributed by atoms with Gasteiger partial charge in [-0.15, -0.1) is 23.9 Å². The van der Waals surface area contributed by atoms with E-state index in [1.165, 1.54) is 51.7 Å². The van der Waals surface area contributed by atoms with Crippen molar-refractivity contribution in [2.75, 3.05) is 0 Å². The third kappa shape index (κ3) is 9.16. The highest BCUT2D eigenvalue weighted by Gasteiger charge is 2.42. The van der Waals surface area contributed by atoms with Crippen molar-refractivity contribution in [3.8, 4) is 0 Å². The van der Waals surface area contributed by atoms with Gasteiger partial charge in [0.1, 0.15) is 5.58 Å². The van der Waals surface area contributed by atoms with Crippen molar-refractivity contribution in [2.24, 2.45) is 28.6 Å². The summed E-state index contributed by atoms with van der Waals surface area (Å²) in [6.45, 7) is 41.1. The maximum atomic E-state index is 6.47. The Morgan fingerprint density at radius 2 is 1.68 bits per heavy atom. The zero-order valence-electron chi connectivity index (χ0n) is 39.4. The standard InChI is InChI=1S/C57H71BN2OS/c1-15-17-18-21-30-58(52-33-40-32-45-46(35-51(40)62-52)57(13,14)29-28-56(45,11)12)47(36-59-48(16-2)53-39(5)43-22-19-20-23-50(43)61-53)49(31-38(4)54(6,7)8)60-41-24-25-42-37(3)26-27-55(9,10)44(42)34-41/h15-16,19-25,30-37,42,44,59-60H,1-2,4-5,17-18,26-29H2,3,6-14H3/b30-21+,47-36-,49-31+,53-48-. The number of unbranched alkanes of at least 4 members (excludes halogenated alkanes) is 1. The Kier molecular flexibility index (Phi) is 12.7. The number of rotatable bonds is 13. The van der Waals surface area contributed by atoms with Crippen molar-refractivity contribution in [3.05, 3.63) is 161 Å². The highest BCUT2D eigenvalue weighted by Crippen LogP contribution is 2.50. The minimum absolute atomic E-state index is 0.109. The minimum Gasteiger partial charge on any atom is -0.454 e. The van der Waals surface area contributed by atoms with Crippen LogP contribution in [0.3, 0.4) is 0 Å². The molecule has 2 aromatic carbocycles. The molecule has 3 aliphatic rings. The molecule has 0 bridgehead atoms. The first-order chi connectivity index (χ1) is 29.2. The normalized spacial score (nSPS) is 22.5. The lowest BCUT2D eigenvalue weighted by Gasteiger charge is -2.46. The van der Waals surface area contributed by atoms with Crippen LogP contribution in [0.15, 0.2) is 144 Å². The molecule has 5 heteroatoms. The van der Waals surface area contributed by atoms with Crippen molar-refractivity contribution < 1.29 is 4.42 Å². The summed E-state index contributed by atoms with van der Waals surface area (Å²) in [4.78, 5) is 0. The van der Waals surface area contributed by atoms with Crippen molar-refractivity contribution in [3.63, 3.8) is 0 Å². The molecule has 0 radical (unpaired) electrons. The van der Waals surface area contributed by atoms with Crippen molar-refractivity contribution >= 4 is 56.2 Å². The molecule has 2 N–H and O–H groups in total. The Hall–Kier alpha value is -4.74. The van der Waals surface area contributed by atoms with Crippen LogP contribution in [-0.2, 0) is 10.8 Å². The van der Waals surface area contributed by atoms with Gasteiger partial charge in [-0.05, 0) is 159 Å². The number of benzene rings is 2. The fourth-order valence-corrected chi connectivity index (χ4v) is 11.0. The third-order valence-corrected chi connectivity index (χ3v) is 15.7. The lowest BCUT2D eigenvalue weighted by molar-refractivity contribution is 0.0924. The first-order valence-corrected chi connectivity index (χ1v) is 23.8. The van der Waals surface area contributed by atoms with Gasteiger partial charge in [0.15, 0.2) is 5.42 Å². The van der Waals surface area contributed by atoms with E-state index in [-0.39, 0.29) is 28.4 Å². The van der Waals surface area contributed by atoms with Crippen molar-refractivity contribution in [1.29, 1.82) is 0 Å². The van der Waals surface area contributed by atoms with Crippen LogP contribution in [-0.4, -0.2) is 6.71 Å². The molecule has 324 valence electrons. The smallest absolute Gasteiger partial charge is 0.250 e. The van der Waals surface area contributed by atoms with E-state index < -0.39 is 0 Å². The molecule has 3 atom stereocenters. The van der Waals surface area contributed by atoms with Crippen molar-refractivity contribution in [1.82, 2.24) is 10.6 Å². The maximum absolute atomic E-state index is 6.47. The summed E-state index contributed by atoms with van der Waals surface area (Å²) < 4.78 is 9.08. The molecule has 7 rings (SSSR count). The Bertz CT molecular complexity index is 2610. The first-order valence-electron chi connectivity index (χ1n) is 23.0. The number of fused-ring (bicyclic) bond motifs is 4. The van der Waals surface area contributed by atoms with Gasteiger partial charge in [0.2, 0.25) is 0 Å². The summed E-state index contributed by atoms with van der Waals surface area (Å²) >= 11 is 1.91. The average Bonchev–Trinajstić information content (AvgIpc) is 3.80. The Labute approximate surface area is 377 Å². The Balaban J connectivity index is 1.46. The van der Waals surface area contributed by atoms with E-state index in [0.717, 1.165) is 57.2 Å². The van der Waals surface area contributed by atoms with Gasteiger partial charge in [0, 0.05) is 26.7 Å². The van der Waals surface area contributed by atoms with E-state index in [1.807, 2.05) is 41.7 Å². The van der Waals surface area contributed by atoms with Gasteiger partial charge >= 0.3 is 0 Å². The summed E-state index contributed by atoms with van der Waals surface area (Å²) in [5, 5.41) is 10.9. The fourth-order valence-electron chi connectivity index (χ4n) is 9.86. The van der Waals surface area contributed by atoms with Gasteiger partial charge in [0.25, 0.3) is 6.71 Å². The third-order valence-electron chi connectivity index (χ3n) is 14.5. The molecular weight excluding hydrogens is 772 g/mol. The second-order valence-corrected chi connectivity index (χ2v) is 22.6. The number of hydrogen-bond acceptors (Lipinski definition) is 4. The highest BCUT2D eigenvalue weighted by atomic mass is 32.1. The van der Waals surface area contributed by atoms with Crippen molar-refractivity contribution in [2.45, 2.75) is 119 Å². The second kappa shape index (κ2) is 17.4. The topological polar surface area (TPSA) is 37.2 Å². The van der Waals surface area contributed by atoms with Gasteiger partial charge in [-0.2, -0.15) is 0 Å². The van der Waals surface area contributed by atoms with E-state index in [0.29, 0.717) is 23.2 Å². The maximum Gasteiger partial charge on any atom is 0.250 e. The number of nitrogens with one attached hydrogen (secondary N) is 2. The second-order valence-electron chi connectivity index (χ2n) is 21.4. The molecule has 4 aromatic rings. The SMILES string of the molecule is C=CCC/C=C/B(C(=C\N/C(C=C)=c1\oc2ccccc2c1=C)/C(=C\C(=C)C(C)(C)C)NC1=CC2C(C=C1)C(C)CCC2(C)C)c1cc2cc3c(cc2s1)C(C)(C)CCC3(C)C. The van der Waals surface area contributed by atoms with Gasteiger partial charge in [-0.25, -0.2) is 0 Å². The summed E-state index contributed by atoms with van der Waals surface area (Å²) in [6.07, 6.45) is 24.6. The monoisotopic (exact) mass is 843 g/mol. The molecule has 3 aliphatic carbocycles. The number of furan rings is 1. The molecule has 0 amide bonds. The van der Waals surface area contributed by atoms with Gasteiger partial charge in [-0.3, -0.25) is 0 Å². The van der Waals surface area contributed by atoms with Crippen LogP contribution in [0.1, 0.15) is 119 Å². The van der Waals surface area contributed by atoms with E-state index in [1.54, 1.807) is 0 Å². The van der Waals surface area contributed by atoms with Crippen LogP contribution in [0.25, 0.3) is 33.3 Å². The summed E-state index contributed by atoms with van der Waals surface area (Å²) in [5.74, 6) is 4.03. The summed E-state index contributed by atoms with van der Waals surface area (Å²) in [6, 6.07) is 15.5. The zero-order chi connectivity index (χ0) is 44.8. The Morgan fingerprint density at radius 3 is 2.35 bits per heavy atom. The number of allylic oxidation sites excluding steroid dienone is 8. The van der Waals surface area contributed by atoms with Gasteiger partial charge < -0.3 is 15.1 Å². The van der Waals surface area contributed by atoms with Crippen LogP contribution < -0.4 is 26.0 Å². The van der Waals surface area contributed by atoms with Gasteiger partial charge in [-0.1, -0.05) is 131 Å². The van der Waals surface area contributed by atoms with E-state index in [4.69, 9.17) is 4.42 Å². The summed E-state index contributed by atoms with van der Waals surface area (Å²) in [7, 11) is 0. The fraction of sp³-hybridized carbons (Fsp3) is 0.404. The molecular formula is C57H71BN2OS. The van der Waals surface area contributed by atoms with E-state index in [9.17, 15) is 0 Å². The number of hydrogen-bond donors (Lipinski definition) is 2. The highest BCUT2D eigenvalue weighted by molar-refractivity contribution is 7.30. The van der Waals surface area contributed by atoms with Crippen LogP contribution >= 0.6 is 11.3 Å². The average molecular weight is 843 g/mol. The predicted octanol–water partition coefficient (Wildman–Crippen LogP) is 13.4. The number of para-hydroxylation sites is 1. The summed E-state index contributed by atoms with van der Waals surface area (Å²) in [5.41, 5.74) is 9.79. The van der Waals surface area contributed by atoms with Crippen LogP contribution in [0.4, 0.5) is 0 Å². The minimum atomic E-state index is -0.158. The van der Waals surface area contributed by atoms with E-state index in [2.05, 4.69) is 173 Å². The molecule has 3 nitrogen and oxygen atoms in total. The molecule has 0 saturated heterocycles. The molecule has 0 spiro atoms. The lowest BCUT2D eigenvalue weighted by atomic mass is 9.42. The molecule has 3 unspecified atom stereocenters. The lowest BCUT2D eigenvalue weighted by Crippen LogP contribution is -2.39.